The van der Waals surface area contributed by atoms with E-state index in [1.54, 1.807) is 35.4 Å². The molecule has 1 fully saturated rings. The highest BCUT2D eigenvalue weighted by Crippen LogP contribution is 2.26. The van der Waals surface area contributed by atoms with Crippen LogP contribution in [0.2, 0.25) is 5.15 Å². The van der Waals surface area contributed by atoms with E-state index in [0.717, 1.165) is 34.6 Å². The van der Waals surface area contributed by atoms with Crippen LogP contribution in [-0.4, -0.2) is 58.4 Å². The molecule has 1 N–H and O–H groups in total. The van der Waals surface area contributed by atoms with Crippen LogP contribution in [0, 0.1) is 5.92 Å². The van der Waals surface area contributed by atoms with Crippen molar-refractivity contribution in [2.45, 2.75) is 13.0 Å². The van der Waals surface area contributed by atoms with Crippen molar-refractivity contribution in [1.29, 1.82) is 0 Å². The smallest absolute Gasteiger partial charge is 0.251 e. The van der Waals surface area contributed by atoms with Gasteiger partial charge in [-0.05, 0) is 68.7 Å². The Hall–Kier alpha value is -3.75. The van der Waals surface area contributed by atoms with Gasteiger partial charge in [-0.15, -0.1) is 0 Å². The fraction of sp³-hybridized carbons (Fsp3) is 0.259. The molecule has 1 saturated heterocycles. The van der Waals surface area contributed by atoms with Crippen LogP contribution in [0.5, 0.6) is 0 Å². The van der Waals surface area contributed by atoms with Gasteiger partial charge in [-0.2, -0.15) is 0 Å². The molecule has 0 spiro atoms. The monoisotopic (exact) mass is 502 g/mol. The van der Waals surface area contributed by atoms with Gasteiger partial charge >= 0.3 is 0 Å². The van der Waals surface area contributed by atoms with E-state index < -0.39 is 0 Å². The van der Waals surface area contributed by atoms with Crippen molar-refractivity contribution >= 4 is 40.0 Å². The van der Waals surface area contributed by atoms with E-state index in [-0.39, 0.29) is 17.7 Å². The molecular weight excluding hydrogens is 476 g/mol. The first kappa shape index (κ1) is 24.0. The lowest BCUT2D eigenvalue weighted by Crippen LogP contribution is -2.31. The molecule has 0 radical (unpaired) electrons. The number of nitrogens with one attached hydrogen (secondary N) is 1. The summed E-state index contributed by atoms with van der Waals surface area (Å²) in [7, 11) is 4.02. The Morgan fingerprint density at radius 2 is 1.89 bits per heavy atom. The maximum absolute atomic E-state index is 12.7. The normalized spacial score (nSPS) is 15.7. The topological polar surface area (TPSA) is 83.4 Å². The van der Waals surface area contributed by atoms with Crippen LogP contribution in [0.25, 0.3) is 16.6 Å². The summed E-state index contributed by atoms with van der Waals surface area (Å²) in [5.41, 5.74) is 3.14. The first-order chi connectivity index (χ1) is 17.4. The lowest BCUT2D eigenvalue weighted by Gasteiger charge is -2.18. The summed E-state index contributed by atoms with van der Waals surface area (Å²) in [4.78, 5) is 38.0. The molecule has 36 heavy (non-hydrogen) atoms. The van der Waals surface area contributed by atoms with E-state index in [1.165, 1.54) is 0 Å². The third kappa shape index (κ3) is 5.10. The van der Waals surface area contributed by atoms with E-state index in [2.05, 4.69) is 20.2 Å². The van der Waals surface area contributed by atoms with Crippen LogP contribution in [-0.2, 0) is 11.3 Å². The molecule has 9 heteroatoms. The Kier molecular flexibility index (Phi) is 6.71. The molecule has 0 bridgehead atoms. The van der Waals surface area contributed by atoms with E-state index in [4.69, 9.17) is 11.6 Å². The van der Waals surface area contributed by atoms with E-state index in [9.17, 15) is 9.59 Å². The second kappa shape index (κ2) is 10.1. The number of rotatable bonds is 7. The van der Waals surface area contributed by atoms with Gasteiger partial charge in [0.15, 0.2) is 0 Å². The molecule has 4 aromatic rings. The average molecular weight is 503 g/mol. The average Bonchev–Trinajstić information content (AvgIpc) is 3.48. The lowest BCUT2D eigenvalue weighted by molar-refractivity contribution is -0.117. The number of halogens is 1. The quantitative estimate of drug-likeness (QED) is 0.387. The van der Waals surface area contributed by atoms with E-state index >= 15 is 0 Å². The van der Waals surface area contributed by atoms with Gasteiger partial charge in [0.2, 0.25) is 5.91 Å². The predicted molar refractivity (Wildman–Crippen MR) is 141 cm³/mol. The highest BCUT2D eigenvalue weighted by atomic mass is 35.5. The summed E-state index contributed by atoms with van der Waals surface area (Å²) in [6.45, 7) is 1.73. The minimum absolute atomic E-state index is 0.0439. The van der Waals surface area contributed by atoms with Gasteiger partial charge in [-0.1, -0.05) is 11.6 Å². The van der Waals surface area contributed by atoms with Crippen molar-refractivity contribution < 1.29 is 9.59 Å². The van der Waals surface area contributed by atoms with Gasteiger partial charge in [0.25, 0.3) is 5.91 Å². The summed E-state index contributed by atoms with van der Waals surface area (Å²) in [5.74, 6) is 0.886. The Morgan fingerprint density at radius 3 is 2.67 bits per heavy atom. The van der Waals surface area contributed by atoms with Crippen molar-refractivity contribution in [3.05, 3.63) is 83.5 Å². The fourth-order valence-electron chi connectivity index (χ4n) is 4.51. The van der Waals surface area contributed by atoms with Crippen molar-refractivity contribution in [3.8, 4) is 5.69 Å². The first-order valence-electron chi connectivity index (χ1n) is 11.8. The Morgan fingerprint density at radius 1 is 1.11 bits per heavy atom. The molecule has 1 atom stereocenters. The summed E-state index contributed by atoms with van der Waals surface area (Å²) in [6, 6.07) is 16.8. The molecule has 2 aromatic carbocycles. The number of pyridine rings is 1. The third-order valence-electron chi connectivity index (χ3n) is 6.29. The number of hydrogen-bond acceptors (Lipinski definition) is 5. The summed E-state index contributed by atoms with van der Waals surface area (Å²) in [5, 5.41) is 4.25. The zero-order chi connectivity index (χ0) is 25.2. The predicted octanol–water partition coefficient (Wildman–Crippen LogP) is 3.92. The van der Waals surface area contributed by atoms with Gasteiger partial charge in [0.1, 0.15) is 11.0 Å². The van der Waals surface area contributed by atoms with Crippen LogP contribution < -0.4 is 10.2 Å². The zero-order valence-corrected chi connectivity index (χ0v) is 20.9. The molecule has 2 aromatic heterocycles. The lowest BCUT2D eigenvalue weighted by atomic mass is 10.1. The van der Waals surface area contributed by atoms with Crippen molar-refractivity contribution in [1.82, 2.24) is 24.8 Å². The summed E-state index contributed by atoms with van der Waals surface area (Å²) < 4.78 is 2.05. The number of amides is 2. The summed E-state index contributed by atoms with van der Waals surface area (Å²) >= 11 is 5.94. The Balaban J connectivity index is 1.21. The molecule has 2 amide bonds. The van der Waals surface area contributed by atoms with Crippen molar-refractivity contribution in [3.63, 3.8) is 0 Å². The number of anilines is 1. The van der Waals surface area contributed by atoms with E-state index in [0.29, 0.717) is 30.2 Å². The number of benzene rings is 2. The van der Waals surface area contributed by atoms with Gasteiger partial charge < -0.3 is 19.7 Å². The number of fused-ring (bicyclic) bond motifs is 1. The Labute approximate surface area is 214 Å². The van der Waals surface area contributed by atoms with Crippen molar-refractivity contribution in [2.24, 2.45) is 5.92 Å². The van der Waals surface area contributed by atoms with Crippen LogP contribution in [0.1, 0.15) is 22.6 Å². The molecule has 1 aliphatic rings. The van der Waals surface area contributed by atoms with Gasteiger partial charge in [0, 0.05) is 60.1 Å². The highest BCUT2D eigenvalue weighted by Gasteiger charge is 2.31. The van der Waals surface area contributed by atoms with Crippen LogP contribution in [0.3, 0.4) is 0 Å². The largest absolute Gasteiger partial charge is 0.352 e. The van der Waals surface area contributed by atoms with Crippen LogP contribution in [0.15, 0.2) is 67.0 Å². The molecule has 1 aliphatic heterocycles. The molecule has 184 valence electrons. The zero-order valence-electron chi connectivity index (χ0n) is 20.2. The highest BCUT2D eigenvalue weighted by molar-refractivity contribution is 6.29. The third-order valence-corrected chi connectivity index (χ3v) is 6.50. The van der Waals surface area contributed by atoms with Crippen LogP contribution in [0.4, 0.5) is 5.69 Å². The maximum atomic E-state index is 12.7. The minimum Gasteiger partial charge on any atom is -0.352 e. The first-order valence-corrected chi connectivity index (χ1v) is 12.2. The molecule has 8 nitrogen and oxygen atoms in total. The van der Waals surface area contributed by atoms with Gasteiger partial charge in [-0.25, -0.2) is 9.97 Å². The molecule has 5 rings (SSSR count). The number of nitrogens with zero attached hydrogens (tertiary/aromatic N) is 5. The fourth-order valence-corrected chi connectivity index (χ4v) is 4.67. The maximum Gasteiger partial charge on any atom is 0.251 e. The summed E-state index contributed by atoms with van der Waals surface area (Å²) in [6.07, 6.45) is 4.13. The second-order valence-electron chi connectivity index (χ2n) is 9.29. The van der Waals surface area contributed by atoms with Gasteiger partial charge in [0.05, 0.1) is 12.1 Å². The SMILES string of the molecule is CN(C)Cc1nccn1-c1ccc(N2CC(CNC(=O)c3ccc4nc(Cl)ccc4c3)CC2=O)cc1. The Bertz CT molecular complexity index is 1420. The molecular formula is C27H27ClN6O2. The minimum atomic E-state index is -0.170. The van der Waals surface area contributed by atoms with Crippen molar-refractivity contribution in [2.75, 3.05) is 32.1 Å². The number of imidazole rings is 1. The molecule has 1 unspecified atom stereocenters. The molecule has 0 saturated carbocycles. The van der Waals surface area contributed by atoms with Crippen LogP contribution >= 0.6 is 11.6 Å². The number of carbonyl (C=O) groups is 2. The van der Waals surface area contributed by atoms with E-state index in [1.807, 2.05) is 55.2 Å². The second-order valence-corrected chi connectivity index (χ2v) is 9.68. The number of hydrogen-bond donors (Lipinski definition) is 1. The molecule has 0 aliphatic carbocycles. The standard InChI is InChI=1S/C27H27ClN6O2/c1-32(2)17-25-29-11-12-33(25)21-5-7-22(8-6-21)34-16-18(13-26(34)35)15-30-27(36)20-3-9-23-19(14-20)4-10-24(28)31-23/h3-12,14,18H,13,15-17H2,1-2H3,(H,30,36). The number of carbonyl (C=O) groups excluding carboxylic acids is 2. The van der Waals surface area contributed by atoms with Gasteiger partial charge in [-0.3, -0.25) is 9.59 Å². The molecule has 3 heterocycles. The number of aromatic nitrogens is 3.